The summed E-state index contributed by atoms with van der Waals surface area (Å²) in [5.41, 5.74) is 0. The van der Waals surface area contributed by atoms with E-state index in [1.165, 1.54) is 0 Å². The van der Waals surface area contributed by atoms with Crippen LogP contribution in [0.3, 0.4) is 0 Å². The highest BCUT2D eigenvalue weighted by Crippen LogP contribution is 2.17. The molecule has 3 nitrogen and oxygen atoms in total. The van der Waals surface area contributed by atoms with Crippen molar-refractivity contribution in [2.24, 2.45) is 0 Å². The van der Waals surface area contributed by atoms with E-state index in [2.05, 4.69) is 11.8 Å². The van der Waals surface area contributed by atoms with Crippen molar-refractivity contribution in [3.63, 3.8) is 0 Å². The van der Waals surface area contributed by atoms with Gasteiger partial charge in [0, 0.05) is 12.6 Å². The Bertz CT molecular complexity index is 174. The number of aliphatic carboxylic acids is 1. The number of rotatable bonds is 3. The molecule has 1 rings (SSSR count). The van der Waals surface area contributed by atoms with Crippen LogP contribution in [-0.4, -0.2) is 40.5 Å². The molecule has 0 saturated carbocycles. The van der Waals surface area contributed by atoms with Crippen molar-refractivity contribution in [1.29, 1.82) is 0 Å². The smallest absolute Gasteiger partial charge is 0.322 e. The van der Waals surface area contributed by atoms with E-state index in [0.717, 1.165) is 19.4 Å². The number of carboxylic acids is 1. The van der Waals surface area contributed by atoms with Crippen LogP contribution in [0.15, 0.2) is 0 Å². The molecule has 2 unspecified atom stereocenters. The highest BCUT2D eigenvalue weighted by atomic mass is 35.5. The number of likely N-dealkylation sites (tertiary alicyclic amines) is 1. The second-order valence-electron chi connectivity index (χ2n) is 3.29. The van der Waals surface area contributed by atoms with Crippen molar-refractivity contribution in [2.45, 2.75) is 31.2 Å². The summed E-state index contributed by atoms with van der Waals surface area (Å²) >= 11 is 5.62. The van der Waals surface area contributed by atoms with Crippen molar-refractivity contribution in [1.82, 2.24) is 4.90 Å². The average molecular weight is 192 g/mol. The molecule has 1 heterocycles. The van der Waals surface area contributed by atoms with Gasteiger partial charge in [-0.2, -0.15) is 0 Å². The predicted molar refractivity (Wildman–Crippen MR) is 47.5 cm³/mol. The van der Waals surface area contributed by atoms with Gasteiger partial charge in [-0.3, -0.25) is 9.69 Å². The predicted octanol–water partition coefficient (Wildman–Crippen LogP) is 1.16. The minimum atomic E-state index is -0.921. The van der Waals surface area contributed by atoms with Crippen LogP contribution in [0, 0.1) is 0 Å². The first-order valence-corrected chi connectivity index (χ1v) is 4.66. The molecule has 0 radical (unpaired) electrons. The maximum Gasteiger partial charge on any atom is 0.322 e. The molecule has 1 saturated heterocycles. The zero-order valence-corrected chi connectivity index (χ0v) is 7.92. The summed E-state index contributed by atoms with van der Waals surface area (Å²) in [4.78, 5) is 12.6. The fourth-order valence-corrected chi connectivity index (χ4v) is 1.73. The molecule has 0 aliphatic carbocycles. The van der Waals surface area contributed by atoms with Crippen molar-refractivity contribution in [3.8, 4) is 0 Å². The van der Waals surface area contributed by atoms with Crippen LogP contribution in [-0.2, 0) is 4.79 Å². The van der Waals surface area contributed by atoms with Gasteiger partial charge in [-0.1, -0.05) is 0 Å². The normalized spacial score (nSPS) is 27.3. The van der Waals surface area contributed by atoms with Gasteiger partial charge in [0.1, 0.15) is 5.38 Å². The molecule has 0 aromatic heterocycles. The zero-order valence-electron chi connectivity index (χ0n) is 7.16. The average Bonchev–Trinajstić information content (AvgIpc) is 2.36. The van der Waals surface area contributed by atoms with Gasteiger partial charge in [-0.15, -0.1) is 11.6 Å². The van der Waals surface area contributed by atoms with Crippen molar-refractivity contribution in [2.75, 3.05) is 13.1 Å². The van der Waals surface area contributed by atoms with E-state index < -0.39 is 11.3 Å². The standard InChI is InChI=1S/C8H14ClNO2/c1-6-3-2-4-10(6)5-7(9)8(11)12/h6-7H,2-5H2,1H3,(H,11,12). The number of halogens is 1. The topological polar surface area (TPSA) is 40.5 Å². The van der Waals surface area contributed by atoms with E-state index in [1.54, 1.807) is 0 Å². The molecule has 1 N–H and O–H groups in total. The molecule has 0 amide bonds. The van der Waals surface area contributed by atoms with Crippen LogP contribution in [0.5, 0.6) is 0 Å². The number of hydrogen-bond acceptors (Lipinski definition) is 2. The zero-order chi connectivity index (χ0) is 9.14. The molecule has 1 fully saturated rings. The number of nitrogens with zero attached hydrogens (tertiary/aromatic N) is 1. The number of carboxylic acid groups (broad SMARTS) is 1. The molecule has 0 spiro atoms. The van der Waals surface area contributed by atoms with Gasteiger partial charge in [0.15, 0.2) is 0 Å². The minimum Gasteiger partial charge on any atom is -0.480 e. The highest BCUT2D eigenvalue weighted by Gasteiger charge is 2.25. The minimum absolute atomic E-state index is 0.470. The summed E-state index contributed by atoms with van der Waals surface area (Å²) in [6.07, 6.45) is 2.31. The van der Waals surface area contributed by atoms with Gasteiger partial charge in [-0.25, -0.2) is 0 Å². The van der Waals surface area contributed by atoms with E-state index in [1.807, 2.05) is 0 Å². The van der Waals surface area contributed by atoms with Gasteiger partial charge in [0.05, 0.1) is 0 Å². The molecule has 70 valence electrons. The third-order valence-corrected chi connectivity index (χ3v) is 2.68. The number of carbonyl (C=O) groups is 1. The molecule has 0 aromatic carbocycles. The maximum absolute atomic E-state index is 10.4. The third-order valence-electron chi connectivity index (χ3n) is 2.35. The Morgan fingerprint density at radius 3 is 2.92 bits per heavy atom. The molecule has 1 aliphatic heterocycles. The SMILES string of the molecule is CC1CCCN1CC(Cl)C(=O)O. The van der Waals surface area contributed by atoms with E-state index in [9.17, 15) is 4.79 Å². The van der Waals surface area contributed by atoms with Gasteiger partial charge in [0.2, 0.25) is 0 Å². The Hall–Kier alpha value is -0.280. The molecule has 1 aliphatic rings. The Labute approximate surface area is 77.3 Å². The van der Waals surface area contributed by atoms with Gasteiger partial charge >= 0.3 is 5.97 Å². The molecule has 12 heavy (non-hydrogen) atoms. The molecular formula is C8H14ClNO2. The van der Waals surface area contributed by atoms with Crippen LogP contribution >= 0.6 is 11.6 Å². The third kappa shape index (κ3) is 2.35. The van der Waals surface area contributed by atoms with E-state index in [-0.39, 0.29) is 0 Å². The van der Waals surface area contributed by atoms with Gasteiger partial charge in [0.25, 0.3) is 0 Å². The van der Waals surface area contributed by atoms with Crippen LogP contribution in [0.25, 0.3) is 0 Å². The lowest BCUT2D eigenvalue weighted by Gasteiger charge is -2.21. The first-order chi connectivity index (χ1) is 5.61. The summed E-state index contributed by atoms with van der Waals surface area (Å²) in [5, 5.41) is 7.81. The van der Waals surface area contributed by atoms with Crippen LogP contribution in [0.2, 0.25) is 0 Å². The van der Waals surface area contributed by atoms with E-state index >= 15 is 0 Å². The summed E-state index contributed by atoms with van der Waals surface area (Å²) in [6, 6.07) is 0.491. The summed E-state index contributed by atoms with van der Waals surface area (Å²) in [5.74, 6) is -0.921. The Kier molecular flexibility index (Phi) is 3.35. The molecule has 4 heteroatoms. The Morgan fingerprint density at radius 1 is 1.83 bits per heavy atom. The first-order valence-electron chi connectivity index (χ1n) is 4.22. The molecule has 0 aromatic rings. The largest absolute Gasteiger partial charge is 0.480 e. The Balaban J connectivity index is 2.35. The lowest BCUT2D eigenvalue weighted by Crippen LogP contribution is -2.35. The van der Waals surface area contributed by atoms with Crippen molar-refractivity contribution in [3.05, 3.63) is 0 Å². The fraction of sp³-hybridized carbons (Fsp3) is 0.875. The van der Waals surface area contributed by atoms with Crippen LogP contribution in [0.1, 0.15) is 19.8 Å². The first kappa shape index (κ1) is 9.81. The quantitative estimate of drug-likeness (QED) is 0.681. The summed E-state index contributed by atoms with van der Waals surface area (Å²) < 4.78 is 0. The lowest BCUT2D eigenvalue weighted by atomic mass is 10.2. The monoisotopic (exact) mass is 191 g/mol. The summed E-state index contributed by atoms with van der Waals surface area (Å²) in [6.45, 7) is 3.56. The second-order valence-corrected chi connectivity index (χ2v) is 3.82. The second kappa shape index (κ2) is 4.10. The van der Waals surface area contributed by atoms with Gasteiger partial charge in [-0.05, 0) is 26.3 Å². The van der Waals surface area contributed by atoms with Crippen molar-refractivity contribution < 1.29 is 9.90 Å². The summed E-state index contributed by atoms with van der Waals surface area (Å²) in [7, 11) is 0. The molecule has 0 bridgehead atoms. The van der Waals surface area contributed by atoms with Gasteiger partial charge < -0.3 is 5.11 Å². The van der Waals surface area contributed by atoms with Crippen molar-refractivity contribution >= 4 is 17.6 Å². The highest BCUT2D eigenvalue weighted by molar-refractivity contribution is 6.29. The maximum atomic E-state index is 10.4. The molecule has 2 atom stereocenters. The Morgan fingerprint density at radius 2 is 2.50 bits per heavy atom. The lowest BCUT2D eigenvalue weighted by molar-refractivity contribution is -0.137. The molecular weight excluding hydrogens is 178 g/mol. The van der Waals surface area contributed by atoms with E-state index in [0.29, 0.717) is 12.6 Å². The van der Waals surface area contributed by atoms with E-state index in [4.69, 9.17) is 16.7 Å². The van der Waals surface area contributed by atoms with Crippen LogP contribution < -0.4 is 0 Å². The number of alkyl halides is 1. The van der Waals surface area contributed by atoms with Crippen LogP contribution in [0.4, 0.5) is 0 Å². The fourth-order valence-electron chi connectivity index (χ4n) is 1.55. The number of hydrogen-bond donors (Lipinski definition) is 1.